The Morgan fingerprint density at radius 1 is 0.857 bits per heavy atom. The van der Waals surface area contributed by atoms with Crippen LogP contribution in [0.15, 0.2) is 59.0 Å². The molecule has 0 atom stereocenters. The highest BCUT2D eigenvalue weighted by molar-refractivity contribution is 5.82. The lowest BCUT2D eigenvalue weighted by molar-refractivity contribution is 0.538. The molecule has 0 bridgehead atoms. The van der Waals surface area contributed by atoms with Gasteiger partial charge in [-0.1, -0.05) is 36.4 Å². The Balaban J connectivity index is 1.99. The van der Waals surface area contributed by atoms with Crippen LogP contribution in [0.5, 0.6) is 0 Å². The van der Waals surface area contributed by atoms with Gasteiger partial charge in [-0.3, -0.25) is 4.90 Å². The maximum absolute atomic E-state index is 6.01. The first kappa shape index (κ1) is 12.3. The fraction of sp³-hybridized carbons (Fsp3) is 0.158. The van der Waals surface area contributed by atoms with E-state index in [2.05, 4.69) is 66.4 Å². The van der Waals surface area contributed by atoms with Gasteiger partial charge in [0.2, 0.25) is 5.88 Å². The molecule has 2 nitrogen and oxygen atoms in total. The number of benzene rings is 2. The van der Waals surface area contributed by atoms with Crippen LogP contribution in [-0.4, -0.2) is 0 Å². The quantitative estimate of drug-likeness (QED) is 0.470. The summed E-state index contributed by atoms with van der Waals surface area (Å²) in [5.41, 5.74) is 6.24. The topological polar surface area (TPSA) is 16.4 Å². The fourth-order valence-corrected chi connectivity index (χ4v) is 3.12. The number of hydrogen-bond donors (Lipinski definition) is 0. The second-order valence-electron chi connectivity index (χ2n) is 5.61. The van der Waals surface area contributed by atoms with Gasteiger partial charge in [-0.25, -0.2) is 0 Å². The second kappa shape index (κ2) is 4.52. The zero-order valence-corrected chi connectivity index (χ0v) is 12.3. The van der Waals surface area contributed by atoms with Crippen molar-refractivity contribution in [2.75, 3.05) is 4.90 Å². The van der Waals surface area contributed by atoms with E-state index in [1.165, 1.54) is 28.1 Å². The number of hydrogen-bond acceptors (Lipinski definition) is 2. The van der Waals surface area contributed by atoms with Crippen LogP contribution < -0.4 is 4.90 Å². The van der Waals surface area contributed by atoms with E-state index >= 15 is 0 Å². The third-order valence-corrected chi connectivity index (χ3v) is 4.08. The second-order valence-corrected chi connectivity index (χ2v) is 5.61. The summed E-state index contributed by atoms with van der Waals surface area (Å²) in [4.78, 5) is 2.25. The molecule has 2 heteroatoms. The molecule has 1 aromatic heterocycles. The molecule has 1 aliphatic rings. The minimum Gasteiger partial charge on any atom is -0.445 e. The summed E-state index contributed by atoms with van der Waals surface area (Å²) in [7, 11) is 0. The average Bonchev–Trinajstić information content (AvgIpc) is 2.85. The summed E-state index contributed by atoms with van der Waals surface area (Å²) in [6, 6.07) is 19.2. The molecule has 0 N–H and O–H groups in total. The lowest BCUT2D eigenvalue weighted by Gasteiger charge is -2.30. The number of anilines is 3. The van der Waals surface area contributed by atoms with Gasteiger partial charge in [0.05, 0.1) is 11.4 Å². The van der Waals surface area contributed by atoms with Crippen molar-refractivity contribution in [1.82, 2.24) is 0 Å². The molecule has 0 fully saturated rings. The van der Waals surface area contributed by atoms with Crippen molar-refractivity contribution < 1.29 is 4.42 Å². The Hall–Kier alpha value is -2.48. The molecule has 0 amide bonds. The molecule has 0 spiro atoms. The first-order valence-electron chi connectivity index (χ1n) is 7.27. The molecule has 2 aromatic carbocycles. The van der Waals surface area contributed by atoms with Crippen LogP contribution in [-0.2, 0) is 6.42 Å². The predicted molar refractivity (Wildman–Crippen MR) is 85.7 cm³/mol. The Labute approximate surface area is 124 Å². The van der Waals surface area contributed by atoms with Crippen molar-refractivity contribution in [3.05, 3.63) is 77.0 Å². The van der Waals surface area contributed by atoms with Crippen LogP contribution in [0.2, 0.25) is 0 Å². The SMILES string of the molecule is Cc1cc2c(o1)N(c1ccccc1C)c1ccccc1C2. The van der Waals surface area contributed by atoms with Gasteiger partial charge in [-0.2, -0.15) is 0 Å². The lowest BCUT2D eigenvalue weighted by Crippen LogP contribution is -2.17. The molecule has 104 valence electrons. The van der Waals surface area contributed by atoms with E-state index in [0.717, 1.165) is 18.1 Å². The van der Waals surface area contributed by atoms with Crippen LogP contribution in [0.4, 0.5) is 17.3 Å². The first-order chi connectivity index (χ1) is 10.2. The third-order valence-electron chi connectivity index (χ3n) is 4.08. The molecule has 3 aromatic rings. The van der Waals surface area contributed by atoms with Crippen molar-refractivity contribution in [2.24, 2.45) is 0 Å². The van der Waals surface area contributed by atoms with Crippen LogP contribution in [0.1, 0.15) is 22.5 Å². The van der Waals surface area contributed by atoms with Crippen LogP contribution in [0.25, 0.3) is 0 Å². The number of para-hydroxylation sites is 2. The lowest BCUT2D eigenvalue weighted by atomic mass is 9.98. The Morgan fingerprint density at radius 2 is 1.57 bits per heavy atom. The zero-order valence-electron chi connectivity index (χ0n) is 12.3. The minimum absolute atomic E-state index is 0.936. The number of nitrogens with zero attached hydrogens (tertiary/aromatic N) is 1. The number of rotatable bonds is 1. The highest BCUT2D eigenvalue weighted by Crippen LogP contribution is 2.45. The van der Waals surface area contributed by atoms with Crippen LogP contribution >= 0.6 is 0 Å². The van der Waals surface area contributed by atoms with Gasteiger partial charge in [0.1, 0.15) is 5.76 Å². The summed E-state index contributed by atoms with van der Waals surface area (Å²) >= 11 is 0. The van der Waals surface area contributed by atoms with E-state index in [4.69, 9.17) is 4.42 Å². The van der Waals surface area contributed by atoms with E-state index in [-0.39, 0.29) is 0 Å². The smallest absolute Gasteiger partial charge is 0.208 e. The van der Waals surface area contributed by atoms with Crippen molar-refractivity contribution in [3.63, 3.8) is 0 Å². The molecule has 1 aliphatic heterocycles. The molecule has 4 rings (SSSR count). The first-order valence-corrected chi connectivity index (χ1v) is 7.27. The Bertz CT molecular complexity index is 805. The molecular weight excluding hydrogens is 258 g/mol. The third kappa shape index (κ3) is 1.87. The molecule has 21 heavy (non-hydrogen) atoms. The molecular formula is C19H17NO. The number of furan rings is 1. The van der Waals surface area contributed by atoms with Gasteiger partial charge in [0.25, 0.3) is 0 Å². The van der Waals surface area contributed by atoms with E-state index in [9.17, 15) is 0 Å². The van der Waals surface area contributed by atoms with E-state index in [1.807, 2.05) is 6.92 Å². The van der Waals surface area contributed by atoms with Gasteiger partial charge in [-0.05, 0) is 43.2 Å². The van der Waals surface area contributed by atoms with Gasteiger partial charge in [0, 0.05) is 12.0 Å². The van der Waals surface area contributed by atoms with Crippen molar-refractivity contribution in [1.29, 1.82) is 0 Å². The largest absolute Gasteiger partial charge is 0.445 e. The summed E-state index contributed by atoms with van der Waals surface area (Å²) in [6.45, 7) is 4.15. The summed E-state index contributed by atoms with van der Waals surface area (Å²) in [6.07, 6.45) is 0.936. The Kier molecular flexibility index (Phi) is 2.64. The van der Waals surface area contributed by atoms with E-state index in [0.29, 0.717) is 0 Å². The van der Waals surface area contributed by atoms with Crippen LogP contribution in [0, 0.1) is 13.8 Å². The molecule has 0 unspecified atom stereocenters. The van der Waals surface area contributed by atoms with E-state index in [1.54, 1.807) is 0 Å². The minimum atomic E-state index is 0.936. The monoisotopic (exact) mass is 275 g/mol. The molecule has 0 aliphatic carbocycles. The normalized spacial score (nSPS) is 13.0. The average molecular weight is 275 g/mol. The Morgan fingerprint density at radius 3 is 2.38 bits per heavy atom. The summed E-state index contributed by atoms with van der Waals surface area (Å²) < 4.78 is 6.01. The summed E-state index contributed by atoms with van der Waals surface area (Å²) in [5, 5.41) is 0. The van der Waals surface area contributed by atoms with Gasteiger partial charge >= 0.3 is 0 Å². The number of fused-ring (bicyclic) bond motifs is 2. The van der Waals surface area contributed by atoms with Gasteiger partial charge < -0.3 is 4.42 Å². The standard InChI is InChI=1S/C19H17NO/c1-13-7-3-5-9-17(13)20-18-10-6-4-8-15(18)12-16-11-14(2)21-19(16)20/h3-11H,12H2,1-2H3. The summed E-state index contributed by atoms with van der Waals surface area (Å²) in [5.74, 6) is 1.92. The van der Waals surface area contributed by atoms with Gasteiger partial charge in [-0.15, -0.1) is 0 Å². The maximum atomic E-state index is 6.01. The van der Waals surface area contributed by atoms with Crippen molar-refractivity contribution in [3.8, 4) is 0 Å². The molecule has 0 radical (unpaired) electrons. The van der Waals surface area contributed by atoms with Gasteiger partial charge in [0.15, 0.2) is 0 Å². The van der Waals surface area contributed by atoms with Crippen LogP contribution in [0.3, 0.4) is 0 Å². The van der Waals surface area contributed by atoms with Crippen molar-refractivity contribution in [2.45, 2.75) is 20.3 Å². The maximum Gasteiger partial charge on any atom is 0.208 e. The highest BCUT2D eigenvalue weighted by atomic mass is 16.4. The predicted octanol–water partition coefficient (Wildman–Crippen LogP) is 5.27. The molecule has 0 saturated heterocycles. The highest BCUT2D eigenvalue weighted by Gasteiger charge is 2.27. The zero-order chi connectivity index (χ0) is 14.4. The van der Waals surface area contributed by atoms with E-state index < -0.39 is 0 Å². The fourth-order valence-electron chi connectivity index (χ4n) is 3.12. The van der Waals surface area contributed by atoms with Crippen molar-refractivity contribution >= 4 is 17.3 Å². The number of aryl methyl sites for hydroxylation is 2. The molecule has 0 saturated carbocycles. The molecule has 2 heterocycles.